The number of halogens is 1. The van der Waals surface area contributed by atoms with Crippen LogP contribution in [0.5, 0.6) is 0 Å². The fraction of sp³-hybridized carbons (Fsp3) is 0.583. The van der Waals surface area contributed by atoms with E-state index in [0.717, 1.165) is 38.5 Å². The summed E-state index contributed by atoms with van der Waals surface area (Å²) in [6, 6.07) is -0.540. The van der Waals surface area contributed by atoms with Gasteiger partial charge >= 0.3 is 0 Å². The molecule has 1 unspecified atom stereocenters. The molecule has 1 amide bonds. The Morgan fingerprint density at radius 2 is 2.16 bits per heavy atom. The van der Waals surface area contributed by atoms with Crippen molar-refractivity contribution in [2.75, 3.05) is 24.1 Å². The minimum Gasteiger partial charge on any atom is -0.368 e. The first-order valence-corrected chi connectivity index (χ1v) is 6.41. The van der Waals surface area contributed by atoms with Gasteiger partial charge in [0.25, 0.3) is 0 Å². The molecule has 0 bridgehead atoms. The quantitative estimate of drug-likeness (QED) is 0.854. The summed E-state index contributed by atoms with van der Waals surface area (Å²) < 4.78 is 13.5. The highest BCUT2D eigenvalue weighted by molar-refractivity contribution is 5.84. The van der Waals surface area contributed by atoms with Gasteiger partial charge in [-0.15, -0.1) is 0 Å². The summed E-state index contributed by atoms with van der Waals surface area (Å²) in [6.07, 6.45) is 4.19. The van der Waals surface area contributed by atoms with Crippen molar-refractivity contribution in [2.24, 2.45) is 0 Å². The molecule has 1 fully saturated rings. The van der Waals surface area contributed by atoms with Crippen molar-refractivity contribution in [3.05, 3.63) is 12.0 Å². The summed E-state index contributed by atoms with van der Waals surface area (Å²) in [6.45, 7) is 3.22. The lowest BCUT2D eigenvalue weighted by Crippen LogP contribution is -2.44. The second-order valence-corrected chi connectivity index (χ2v) is 4.68. The fourth-order valence-corrected chi connectivity index (χ4v) is 2.14. The first kappa shape index (κ1) is 13.5. The summed E-state index contributed by atoms with van der Waals surface area (Å²) in [5, 5.41) is 2.75. The number of aromatic nitrogens is 2. The fourth-order valence-electron chi connectivity index (χ4n) is 2.14. The van der Waals surface area contributed by atoms with Crippen LogP contribution < -0.4 is 11.1 Å². The number of nitrogens with two attached hydrogens (primary N) is 1. The second-order valence-electron chi connectivity index (χ2n) is 4.68. The van der Waals surface area contributed by atoms with Gasteiger partial charge in [0, 0.05) is 13.1 Å². The second kappa shape index (κ2) is 5.81. The zero-order chi connectivity index (χ0) is 13.8. The average Bonchev–Trinajstić information content (AvgIpc) is 2.43. The van der Waals surface area contributed by atoms with Crippen molar-refractivity contribution < 1.29 is 9.18 Å². The number of hydrogen-bond donors (Lipinski definition) is 2. The van der Waals surface area contributed by atoms with Crippen LogP contribution in [0.15, 0.2) is 6.20 Å². The van der Waals surface area contributed by atoms with E-state index in [0.29, 0.717) is 0 Å². The maximum absolute atomic E-state index is 13.5. The van der Waals surface area contributed by atoms with E-state index in [1.54, 1.807) is 11.8 Å². The predicted molar refractivity (Wildman–Crippen MR) is 69.9 cm³/mol. The Morgan fingerprint density at radius 1 is 1.47 bits per heavy atom. The lowest BCUT2D eigenvalue weighted by Gasteiger charge is -2.29. The monoisotopic (exact) mass is 267 g/mol. The van der Waals surface area contributed by atoms with E-state index in [-0.39, 0.29) is 17.7 Å². The zero-order valence-electron chi connectivity index (χ0n) is 10.9. The van der Waals surface area contributed by atoms with E-state index in [9.17, 15) is 9.18 Å². The molecule has 3 N–H and O–H groups in total. The third-order valence-electron chi connectivity index (χ3n) is 3.15. The van der Waals surface area contributed by atoms with Gasteiger partial charge in [0.15, 0.2) is 11.6 Å². The topological polar surface area (TPSA) is 84.1 Å². The minimum absolute atomic E-state index is 0.0264. The number of likely N-dealkylation sites (tertiary alicyclic amines) is 1. The molecule has 2 rings (SSSR count). The first-order chi connectivity index (χ1) is 9.08. The Bertz CT molecular complexity index is 461. The van der Waals surface area contributed by atoms with Crippen molar-refractivity contribution in [3.63, 3.8) is 0 Å². The number of carbonyl (C=O) groups is 1. The SMILES string of the molecule is CC(Nc1nc(N)ncc1F)C(=O)N1CCCCC1. The van der Waals surface area contributed by atoms with Crippen LogP contribution in [-0.2, 0) is 4.79 Å². The molecular weight excluding hydrogens is 249 g/mol. The summed E-state index contributed by atoms with van der Waals surface area (Å²) >= 11 is 0. The molecule has 2 heterocycles. The number of hydrogen-bond acceptors (Lipinski definition) is 5. The standard InChI is InChI=1S/C12H18FN5O/c1-8(11(19)18-5-3-2-4-6-18)16-10-9(13)7-15-12(14)17-10/h7-8H,2-6H2,1H3,(H3,14,15,16,17). The predicted octanol–water partition coefficient (Wildman–Crippen LogP) is 1.01. The Balaban J connectivity index is 2.01. The number of anilines is 2. The highest BCUT2D eigenvalue weighted by Gasteiger charge is 2.23. The molecule has 7 heteroatoms. The van der Waals surface area contributed by atoms with E-state index < -0.39 is 11.9 Å². The van der Waals surface area contributed by atoms with E-state index in [1.165, 1.54) is 0 Å². The molecule has 104 valence electrons. The largest absolute Gasteiger partial charge is 0.368 e. The van der Waals surface area contributed by atoms with Crippen LogP contribution in [0, 0.1) is 5.82 Å². The van der Waals surface area contributed by atoms with Crippen LogP contribution >= 0.6 is 0 Å². The summed E-state index contributed by atoms with van der Waals surface area (Å²) in [5.74, 6) is -0.726. The van der Waals surface area contributed by atoms with Crippen LogP contribution in [0.4, 0.5) is 16.2 Å². The maximum atomic E-state index is 13.5. The molecule has 0 aliphatic carbocycles. The summed E-state index contributed by atoms with van der Waals surface area (Å²) in [5.41, 5.74) is 5.40. The van der Waals surface area contributed by atoms with Gasteiger partial charge in [-0.1, -0.05) is 0 Å². The lowest BCUT2D eigenvalue weighted by atomic mass is 10.1. The number of nitrogen functional groups attached to an aromatic ring is 1. The smallest absolute Gasteiger partial charge is 0.244 e. The molecule has 1 aliphatic heterocycles. The highest BCUT2D eigenvalue weighted by Crippen LogP contribution is 2.14. The van der Waals surface area contributed by atoms with Gasteiger partial charge in [-0.25, -0.2) is 9.37 Å². The maximum Gasteiger partial charge on any atom is 0.244 e. The van der Waals surface area contributed by atoms with Gasteiger partial charge in [-0.05, 0) is 26.2 Å². The van der Waals surface area contributed by atoms with Gasteiger partial charge < -0.3 is 16.0 Å². The molecular formula is C12H18FN5O. The van der Waals surface area contributed by atoms with E-state index >= 15 is 0 Å². The number of rotatable bonds is 3. The van der Waals surface area contributed by atoms with Gasteiger partial charge in [0.2, 0.25) is 11.9 Å². The molecule has 1 aromatic rings. The number of amides is 1. The van der Waals surface area contributed by atoms with Gasteiger partial charge in [0.05, 0.1) is 6.20 Å². The Morgan fingerprint density at radius 3 is 2.84 bits per heavy atom. The Labute approximate surface area is 111 Å². The molecule has 0 spiro atoms. The molecule has 0 aromatic carbocycles. The third-order valence-corrected chi connectivity index (χ3v) is 3.15. The lowest BCUT2D eigenvalue weighted by molar-refractivity contribution is -0.132. The number of carbonyl (C=O) groups excluding carboxylic acids is 1. The summed E-state index contributed by atoms with van der Waals surface area (Å²) in [7, 11) is 0. The number of piperidine rings is 1. The van der Waals surface area contributed by atoms with Gasteiger partial charge in [-0.3, -0.25) is 4.79 Å². The van der Waals surface area contributed by atoms with Crippen LogP contribution in [0.2, 0.25) is 0 Å². The van der Waals surface area contributed by atoms with Crippen molar-refractivity contribution in [3.8, 4) is 0 Å². The normalized spacial score (nSPS) is 17.1. The Hall–Kier alpha value is -1.92. The molecule has 19 heavy (non-hydrogen) atoms. The van der Waals surface area contributed by atoms with Crippen LogP contribution in [0.1, 0.15) is 26.2 Å². The minimum atomic E-state index is -0.618. The molecule has 6 nitrogen and oxygen atoms in total. The average molecular weight is 267 g/mol. The van der Waals surface area contributed by atoms with Crippen molar-refractivity contribution in [1.29, 1.82) is 0 Å². The number of nitrogens with zero attached hydrogens (tertiary/aromatic N) is 3. The van der Waals surface area contributed by atoms with Gasteiger partial charge in [-0.2, -0.15) is 4.98 Å². The molecule has 1 saturated heterocycles. The van der Waals surface area contributed by atoms with Crippen molar-refractivity contribution >= 4 is 17.7 Å². The van der Waals surface area contributed by atoms with Crippen molar-refractivity contribution in [2.45, 2.75) is 32.2 Å². The molecule has 0 radical (unpaired) electrons. The summed E-state index contributed by atoms with van der Waals surface area (Å²) in [4.78, 5) is 21.2. The molecule has 1 atom stereocenters. The Kier molecular flexibility index (Phi) is 4.13. The van der Waals surface area contributed by atoms with Crippen LogP contribution in [0.3, 0.4) is 0 Å². The van der Waals surface area contributed by atoms with E-state index in [1.807, 2.05) is 0 Å². The molecule has 1 aliphatic rings. The van der Waals surface area contributed by atoms with Gasteiger partial charge in [0.1, 0.15) is 6.04 Å². The van der Waals surface area contributed by atoms with Crippen molar-refractivity contribution in [1.82, 2.24) is 14.9 Å². The molecule has 0 saturated carbocycles. The first-order valence-electron chi connectivity index (χ1n) is 6.41. The zero-order valence-corrected chi connectivity index (χ0v) is 10.9. The van der Waals surface area contributed by atoms with E-state index in [2.05, 4.69) is 15.3 Å². The molecule has 1 aromatic heterocycles. The number of nitrogens with one attached hydrogen (secondary N) is 1. The highest BCUT2D eigenvalue weighted by atomic mass is 19.1. The van der Waals surface area contributed by atoms with Crippen LogP contribution in [-0.4, -0.2) is 39.9 Å². The van der Waals surface area contributed by atoms with E-state index in [4.69, 9.17) is 5.73 Å². The third kappa shape index (κ3) is 3.30. The van der Waals surface area contributed by atoms with Crippen LogP contribution in [0.25, 0.3) is 0 Å².